The van der Waals surface area contributed by atoms with E-state index in [2.05, 4.69) is 43.8 Å². The van der Waals surface area contributed by atoms with Gasteiger partial charge in [0.2, 0.25) is 0 Å². The average Bonchev–Trinajstić information content (AvgIpc) is 2.43. The summed E-state index contributed by atoms with van der Waals surface area (Å²) in [6.07, 6.45) is 0. The predicted octanol–water partition coefficient (Wildman–Crippen LogP) is 4.87. The number of nitro benzene ring substituents is 1. The maximum atomic E-state index is 12.1. The zero-order valence-electron chi connectivity index (χ0n) is 10.3. The van der Waals surface area contributed by atoms with E-state index in [9.17, 15) is 14.9 Å². The maximum Gasteiger partial charge on any atom is 0.270 e. The molecule has 1 N–H and O–H groups in total. The second-order valence-corrected chi connectivity index (χ2v) is 6.43. The van der Waals surface area contributed by atoms with E-state index in [-0.39, 0.29) is 11.6 Å². The molecule has 8 heteroatoms. The molecule has 0 unspecified atom stereocenters. The third-order valence-corrected chi connectivity index (χ3v) is 4.82. The van der Waals surface area contributed by atoms with Crippen LogP contribution in [0.2, 0.25) is 5.02 Å². The van der Waals surface area contributed by atoms with E-state index >= 15 is 0 Å². The summed E-state index contributed by atoms with van der Waals surface area (Å²) >= 11 is 11.2. The minimum Gasteiger partial charge on any atom is -0.321 e. The van der Waals surface area contributed by atoms with Gasteiger partial charge in [0.25, 0.3) is 11.6 Å². The Kier molecular flexibility index (Phi) is 5.17. The number of anilines is 1. The molecule has 1 amide bonds. The van der Waals surface area contributed by atoms with Crippen molar-refractivity contribution in [1.29, 1.82) is 0 Å². The molecule has 2 aromatic rings. The van der Waals surface area contributed by atoms with Gasteiger partial charge in [-0.1, -0.05) is 11.6 Å². The van der Waals surface area contributed by atoms with Gasteiger partial charge in [0, 0.05) is 25.7 Å². The van der Waals surface area contributed by atoms with Gasteiger partial charge in [-0.25, -0.2) is 0 Å². The third-order valence-electron chi connectivity index (χ3n) is 2.59. The van der Waals surface area contributed by atoms with Crippen LogP contribution in [-0.2, 0) is 0 Å². The fourth-order valence-corrected chi connectivity index (χ4v) is 2.53. The Morgan fingerprint density at radius 2 is 2.00 bits per heavy atom. The van der Waals surface area contributed by atoms with Crippen LogP contribution >= 0.6 is 50.1 Å². The maximum absolute atomic E-state index is 12.1. The predicted molar refractivity (Wildman–Crippen MR) is 92.9 cm³/mol. The first kappa shape index (κ1) is 16.2. The Bertz CT molecular complexity index is 739. The van der Waals surface area contributed by atoms with Gasteiger partial charge in [-0.05, 0) is 62.8 Å². The summed E-state index contributed by atoms with van der Waals surface area (Å²) in [5.41, 5.74) is 0.795. The molecular weight excluding hydrogens is 474 g/mol. The van der Waals surface area contributed by atoms with Gasteiger partial charge in [-0.3, -0.25) is 14.9 Å². The Balaban J connectivity index is 2.23. The zero-order chi connectivity index (χ0) is 15.6. The number of nitrogens with one attached hydrogen (secondary N) is 1. The van der Waals surface area contributed by atoms with Gasteiger partial charge in [0.1, 0.15) is 0 Å². The molecule has 0 bridgehead atoms. The fraction of sp³-hybridized carbons (Fsp3) is 0. The molecule has 0 spiro atoms. The molecule has 108 valence electrons. The lowest BCUT2D eigenvalue weighted by molar-refractivity contribution is -0.384. The Morgan fingerprint density at radius 3 is 2.57 bits per heavy atom. The molecule has 0 heterocycles. The van der Waals surface area contributed by atoms with Crippen molar-refractivity contribution in [3.63, 3.8) is 0 Å². The largest absolute Gasteiger partial charge is 0.321 e. The van der Waals surface area contributed by atoms with E-state index in [1.807, 2.05) is 0 Å². The Labute approximate surface area is 147 Å². The first-order valence-electron chi connectivity index (χ1n) is 5.59. The number of nitrogens with zero attached hydrogens (tertiary/aromatic N) is 1. The van der Waals surface area contributed by atoms with Crippen LogP contribution in [0, 0.1) is 13.7 Å². The molecule has 0 atom stereocenters. The van der Waals surface area contributed by atoms with E-state index < -0.39 is 4.92 Å². The molecular formula is C13H7BrClIN2O3. The molecule has 0 aromatic heterocycles. The van der Waals surface area contributed by atoms with Crippen LogP contribution in [0.3, 0.4) is 0 Å². The van der Waals surface area contributed by atoms with Gasteiger partial charge in [0.15, 0.2) is 0 Å². The standard InChI is InChI=1S/C13H7BrClIN2O3/c14-9-6-8(18(20)21)2-4-12(9)17-13(19)7-1-3-11(16)10(15)5-7/h1-6H,(H,17,19). The highest BCUT2D eigenvalue weighted by Gasteiger charge is 2.13. The van der Waals surface area contributed by atoms with Crippen LogP contribution in [0.1, 0.15) is 10.4 Å². The van der Waals surface area contributed by atoms with Crippen molar-refractivity contribution in [3.05, 3.63) is 65.1 Å². The number of nitro groups is 1. The minimum atomic E-state index is -0.505. The summed E-state index contributed by atoms with van der Waals surface area (Å²) in [6.45, 7) is 0. The number of rotatable bonds is 3. The Morgan fingerprint density at radius 1 is 1.29 bits per heavy atom. The number of amides is 1. The quantitative estimate of drug-likeness (QED) is 0.386. The smallest absolute Gasteiger partial charge is 0.270 e. The summed E-state index contributed by atoms with van der Waals surface area (Å²) in [4.78, 5) is 22.3. The zero-order valence-corrected chi connectivity index (χ0v) is 14.8. The molecule has 2 aromatic carbocycles. The second-order valence-electron chi connectivity index (χ2n) is 4.00. The van der Waals surface area contributed by atoms with Gasteiger partial charge in [0.05, 0.1) is 15.6 Å². The summed E-state index contributed by atoms with van der Waals surface area (Å²) in [5.74, 6) is -0.345. The van der Waals surface area contributed by atoms with Gasteiger partial charge in [-0.2, -0.15) is 0 Å². The van der Waals surface area contributed by atoms with Crippen molar-refractivity contribution in [3.8, 4) is 0 Å². The minimum absolute atomic E-state index is 0.0582. The van der Waals surface area contributed by atoms with E-state index in [4.69, 9.17) is 11.6 Å². The van der Waals surface area contributed by atoms with Crippen molar-refractivity contribution in [1.82, 2.24) is 0 Å². The molecule has 0 aliphatic heterocycles. The van der Waals surface area contributed by atoms with Gasteiger partial charge in [-0.15, -0.1) is 0 Å². The van der Waals surface area contributed by atoms with E-state index in [1.165, 1.54) is 18.2 Å². The molecule has 2 rings (SSSR count). The normalized spacial score (nSPS) is 10.2. The lowest BCUT2D eigenvalue weighted by atomic mass is 10.2. The third kappa shape index (κ3) is 3.92. The van der Waals surface area contributed by atoms with Crippen molar-refractivity contribution in [2.75, 3.05) is 5.32 Å². The summed E-state index contributed by atoms with van der Waals surface area (Å²) in [6, 6.07) is 9.08. The monoisotopic (exact) mass is 480 g/mol. The van der Waals surface area contributed by atoms with Crippen molar-refractivity contribution in [2.24, 2.45) is 0 Å². The van der Waals surface area contributed by atoms with Crippen LogP contribution < -0.4 is 5.32 Å². The van der Waals surface area contributed by atoms with Crippen molar-refractivity contribution >= 4 is 67.4 Å². The van der Waals surface area contributed by atoms with Crippen LogP contribution in [0.4, 0.5) is 11.4 Å². The summed E-state index contributed by atoms with van der Waals surface area (Å²) in [7, 11) is 0. The topological polar surface area (TPSA) is 72.2 Å². The van der Waals surface area contributed by atoms with E-state index in [0.29, 0.717) is 20.7 Å². The van der Waals surface area contributed by atoms with Crippen molar-refractivity contribution < 1.29 is 9.72 Å². The number of benzene rings is 2. The highest BCUT2D eigenvalue weighted by atomic mass is 127. The first-order chi connectivity index (χ1) is 9.88. The molecule has 0 saturated heterocycles. The van der Waals surface area contributed by atoms with E-state index in [1.54, 1.807) is 18.2 Å². The number of carbonyl (C=O) groups is 1. The molecule has 5 nitrogen and oxygen atoms in total. The summed E-state index contributed by atoms with van der Waals surface area (Å²) in [5, 5.41) is 13.8. The van der Waals surface area contributed by atoms with Crippen LogP contribution in [-0.4, -0.2) is 10.8 Å². The molecule has 0 aliphatic carbocycles. The first-order valence-corrected chi connectivity index (χ1v) is 7.84. The number of halogens is 3. The number of carbonyl (C=O) groups excluding carboxylic acids is 1. The lowest BCUT2D eigenvalue weighted by Crippen LogP contribution is -2.12. The molecule has 0 radical (unpaired) electrons. The van der Waals surface area contributed by atoms with Crippen LogP contribution in [0.5, 0.6) is 0 Å². The molecule has 0 aliphatic rings. The second kappa shape index (κ2) is 6.71. The van der Waals surface area contributed by atoms with Crippen LogP contribution in [0.15, 0.2) is 40.9 Å². The van der Waals surface area contributed by atoms with Gasteiger partial charge < -0.3 is 5.32 Å². The fourth-order valence-electron chi connectivity index (χ4n) is 1.55. The number of non-ortho nitro benzene ring substituents is 1. The van der Waals surface area contributed by atoms with Crippen LogP contribution in [0.25, 0.3) is 0 Å². The lowest BCUT2D eigenvalue weighted by Gasteiger charge is -2.08. The number of hydrogen-bond donors (Lipinski definition) is 1. The molecule has 0 fully saturated rings. The van der Waals surface area contributed by atoms with E-state index in [0.717, 1.165) is 3.57 Å². The Hall–Kier alpha value is -1.19. The highest BCUT2D eigenvalue weighted by molar-refractivity contribution is 14.1. The molecule has 21 heavy (non-hydrogen) atoms. The summed E-state index contributed by atoms with van der Waals surface area (Å²) < 4.78 is 1.28. The molecule has 0 saturated carbocycles. The number of hydrogen-bond acceptors (Lipinski definition) is 3. The average molecular weight is 481 g/mol. The SMILES string of the molecule is O=C(Nc1ccc([N+](=O)[O-])cc1Br)c1ccc(I)c(Cl)c1. The van der Waals surface area contributed by atoms with Crippen molar-refractivity contribution in [2.45, 2.75) is 0 Å². The van der Waals surface area contributed by atoms with Gasteiger partial charge >= 0.3 is 0 Å². The highest BCUT2D eigenvalue weighted by Crippen LogP contribution is 2.28.